The van der Waals surface area contributed by atoms with Gasteiger partial charge in [0.1, 0.15) is 5.69 Å². The van der Waals surface area contributed by atoms with Crippen molar-refractivity contribution in [3.8, 4) is 0 Å². The van der Waals surface area contributed by atoms with Crippen LogP contribution in [0.25, 0.3) is 11.0 Å². The van der Waals surface area contributed by atoms with E-state index in [1.165, 1.54) is 0 Å². The average molecular weight is 381 g/mol. The summed E-state index contributed by atoms with van der Waals surface area (Å²) in [6.07, 6.45) is 0.522. The van der Waals surface area contributed by atoms with Gasteiger partial charge in [0.25, 0.3) is 5.56 Å². The van der Waals surface area contributed by atoms with Crippen LogP contribution in [0.1, 0.15) is 23.5 Å². The number of rotatable bonds is 5. The Kier molecular flexibility index (Phi) is 4.95. The van der Waals surface area contributed by atoms with Crippen molar-refractivity contribution in [2.45, 2.75) is 32.3 Å². The number of likely N-dealkylation sites (tertiary alicyclic amines) is 1. The molecule has 2 aromatic heterocycles. The van der Waals surface area contributed by atoms with Crippen LogP contribution in [0.15, 0.2) is 35.1 Å². The summed E-state index contributed by atoms with van der Waals surface area (Å²) in [5, 5.41) is 17.4. The van der Waals surface area contributed by atoms with Gasteiger partial charge in [0, 0.05) is 37.5 Å². The van der Waals surface area contributed by atoms with Crippen LogP contribution in [0.3, 0.4) is 0 Å². The van der Waals surface area contributed by atoms with E-state index in [0.29, 0.717) is 36.2 Å². The fourth-order valence-corrected chi connectivity index (χ4v) is 3.73. The zero-order chi connectivity index (χ0) is 19.7. The first-order chi connectivity index (χ1) is 13.5. The van der Waals surface area contributed by atoms with E-state index in [0.717, 1.165) is 11.4 Å². The molecule has 8 heteroatoms. The second kappa shape index (κ2) is 7.55. The van der Waals surface area contributed by atoms with E-state index in [-0.39, 0.29) is 30.2 Å². The first-order valence-corrected chi connectivity index (χ1v) is 9.44. The normalized spacial score (nSPS) is 19.4. The first kappa shape index (κ1) is 18.4. The number of fused-ring (bicyclic) bond motifs is 1. The third kappa shape index (κ3) is 3.82. The van der Waals surface area contributed by atoms with Crippen LogP contribution in [0, 0.1) is 12.8 Å². The van der Waals surface area contributed by atoms with Gasteiger partial charge in [0.2, 0.25) is 5.91 Å². The van der Waals surface area contributed by atoms with E-state index in [2.05, 4.69) is 20.2 Å². The molecule has 0 unspecified atom stereocenters. The summed E-state index contributed by atoms with van der Waals surface area (Å²) in [7, 11) is 0. The number of carbonyl (C=O) groups is 1. The van der Waals surface area contributed by atoms with E-state index < -0.39 is 6.10 Å². The highest BCUT2D eigenvalue weighted by Crippen LogP contribution is 2.22. The summed E-state index contributed by atoms with van der Waals surface area (Å²) in [5.74, 6) is -0.108. The van der Waals surface area contributed by atoms with Crippen molar-refractivity contribution in [3.63, 3.8) is 0 Å². The highest BCUT2D eigenvalue weighted by Gasteiger charge is 2.34. The van der Waals surface area contributed by atoms with Crippen molar-refractivity contribution in [1.82, 2.24) is 25.1 Å². The van der Waals surface area contributed by atoms with Crippen molar-refractivity contribution < 1.29 is 9.90 Å². The molecule has 0 bridgehead atoms. The summed E-state index contributed by atoms with van der Waals surface area (Å²) in [6, 6.07) is 9.27. The van der Waals surface area contributed by atoms with E-state index >= 15 is 0 Å². The van der Waals surface area contributed by atoms with Gasteiger partial charge in [0.05, 0.1) is 22.8 Å². The number of β-amino-alcohol motifs (C(OH)–C–C–N with tert-alkyl or cyclic N) is 1. The summed E-state index contributed by atoms with van der Waals surface area (Å²) in [5.41, 5.74) is 3.35. The Morgan fingerprint density at radius 2 is 2.14 bits per heavy atom. The number of hydrogen-bond donors (Lipinski definition) is 3. The Balaban J connectivity index is 1.38. The lowest BCUT2D eigenvalue weighted by Crippen LogP contribution is -2.30. The monoisotopic (exact) mass is 381 g/mol. The Labute approximate surface area is 161 Å². The van der Waals surface area contributed by atoms with Crippen molar-refractivity contribution >= 4 is 16.9 Å². The Morgan fingerprint density at radius 1 is 1.32 bits per heavy atom. The summed E-state index contributed by atoms with van der Waals surface area (Å²) >= 11 is 0. The van der Waals surface area contributed by atoms with Crippen LogP contribution in [0.2, 0.25) is 0 Å². The zero-order valence-corrected chi connectivity index (χ0v) is 15.7. The standard InChI is InChI=1S/C20H23N5O3/c1-12-8-14(24-23-12)9-13-10-25(11-18(13)26)19(27)7-6-17-20(28)22-16-5-3-2-4-15(16)21-17/h2-5,8,13,18,26H,6-7,9-11H2,1H3,(H,22,28)(H,23,24)/t13-,18-/m1/s1. The maximum absolute atomic E-state index is 12.6. The van der Waals surface area contributed by atoms with Crippen molar-refractivity contribution in [2.24, 2.45) is 5.92 Å². The molecule has 1 amide bonds. The molecule has 2 atom stereocenters. The molecule has 146 valence electrons. The topological polar surface area (TPSA) is 115 Å². The van der Waals surface area contributed by atoms with Crippen LogP contribution < -0.4 is 5.56 Å². The SMILES string of the molecule is Cc1cc(C[C@@H]2CN(C(=O)CCc3nc4ccccc4[nH]c3=O)C[C@H]2O)n[nH]1. The van der Waals surface area contributed by atoms with E-state index in [1.54, 1.807) is 11.0 Å². The van der Waals surface area contributed by atoms with Gasteiger partial charge in [-0.1, -0.05) is 12.1 Å². The number of aliphatic hydroxyl groups is 1. The molecule has 3 N–H and O–H groups in total. The number of aliphatic hydroxyl groups excluding tert-OH is 1. The van der Waals surface area contributed by atoms with Crippen LogP contribution in [0.5, 0.6) is 0 Å². The second-order valence-electron chi connectivity index (χ2n) is 7.40. The molecule has 0 spiro atoms. The van der Waals surface area contributed by atoms with Crippen LogP contribution in [-0.4, -0.2) is 55.3 Å². The molecule has 1 aliphatic heterocycles. The van der Waals surface area contributed by atoms with Gasteiger partial charge in [-0.2, -0.15) is 5.10 Å². The van der Waals surface area contributed by atoms with Crippen molar-refractivity contribution in [3.05, 3.63) is 57.8 Å². The first-order valence-electron chi connectivity index (χ1n) is 9.44. The van der Waals surface area contributed by atoms with Gasteiger partial charge >= 0.3 is 0 Å². The number of H-pyrrole nitrogens is 2. The number of aryl methyl sites for hydroxylation is 2. The number of nitrogens with zero attached hydrogens (tertiary/aromatic N) is 3. The predicted octanol–water partition coefficient (Wildman–Crippen LogP) is 0.949. The number of aromatic nitrogens is 4. The third-order valence-electron chi connectivity index (χ3n) is 5.23. The lowest BCUT2D eigenvalue weighted by atomic mass is 10.0. The molecular formula is C20H23N5O3. The molecule has 1 aliphatic rings. The molecule has 1 aromatic carbocycles. The minimum absolute atomic E-state index is 0.0335. The van der Waals surface area contributed by atoms with Gasteiger partial charge in [-0.3, -0.25) is 14.7 Å². The van der Waals surface area contributed by atoms with Gasteiger partial charge in [0.15, 0.2) is 0 Å². The second-order valence-corrected chi connectivity index (χ2v) is 7.40. The minimum Gasteiger partial charge on any atom is -0.391 e. The Hall–Kier alpha value is -3.00. The number of aromatic amines is 2. The predicted molar refractivity (Wildman–Crippen MR) is 104 cm³/mol. The number of nitrogens with one attached hydrogen (secondary N) is 2. The third-order valence-corrected chi connectivity index (χ3v) is 5.23. The Morgan fingerprint density at radius 3 is 2.93 bits per heavy atom. The summed E-state index contributed by atoms with van der Waals surface area (Å²) in [6.45, 7) is 2.74. The number of amides is 1. The van der Waals surface area contributed by atoms with Crippen LogP contribution in [-0.2, 0) is 17.6 Å². The Bertz CT molecular complexity index is 1060. The number of para-hydroxylation sites is 2. The molecule has 8 nitrogen and oxygen atoms in total. The molecule has 1 saturated heterocycles. The van der Waals surface area contributed by atoms with Gasteiger partial charge < -0.3 is 15.0 Å². The lowest BCUT2D eigenvalue weighted by molar-refractivity contribution is -0.130. The molecule has 4 rings (SSSR count). The lowest BCUT2D eigenvalue weighted by Gasteiger charge is -2.15. The highest BCUT2D eigenvalue weighted by atomic mass is 16.3. The molecule has 28 heavy (non-hydrogen) atoms. The van der Waals surface area contributed by atoms with E-state index in [1.807, 2.05) is 31.2 Å². The van der Waals surface area contributed by atoms with Crippen LogP contribution in [0.4, 0.5) is 0 Å². The van der Waals surface area contributed by atoms with E-state index in [4.69, 9.17) is 0 Å². The van der Waals surface area contributed by atoms with Crippen molar-refractivity contribution in [2.75, 3.05) is 13.1 Å². The number of carbonyl (C=O) groups excluding carboxylic acids is 1. The molecular weight excluding hydrogens is 358 g/mol. The number of benzene rings is 1. The maximum atomic E-state index is 12.6. The van der Waals surface area contributed by atoms with Crippen molar-refractivity contribution in [1.29, 1.82) is 0 Å². The molecule has 0 aliphatic carbocycles. The largest absolute Gasteiger partial charge is 0.391 e. The quantitative estimate of drug-likeness (QED) is 0.609. The summed E-state index contributed by atoms with van der Waals surface area (Å²) < 4.78 is 0. The average Bonchev–Trinajstić information content (AvgIpc) is 3.25. The fourth-order valence-electron chi connectivity index (χ4n) is 3.73. The molecule has 3 aromatic rings. The maximum Gasteiger partial charge on any atom is 0.270 e. The fraction of sp³-hybridized carbons (Fsp3) is 0.400. The molecule has 0 radical (unpaired) electrons. The summed E-state index contributed by atoms with van der Waals surface area (Å²) in [4.78, 5) is 33.6. The zero-order valence-electron chi connectivity index (χ0n) is 15.7. The molecule has 3 heterocycles. The minimum atomic E-state index is -0.567. The smallest absolute Gasteiger partial charge is 0.270 e. The highest BCUT2D eigenvalue weighted by molar-refractivity contribution is 5.77. The van der Waals surface area contributed by atoms with Gasteiger partial charge in [-0.05, 0) is 31.5 Å². The number of hydrogen-bond acceptors (Lipinski definition) is 5. The van der Waals surface area contributed by atoms with Gasteiger partial charge in [-0.15, -0.1) is 0 Å². The molecule has 0 saturated carbocycles. The van der Waals surface area contributed by atoms with Gasteiger partial charge in [-0.25, -0.2) is 4.98 Å². The van der Waals surface area contributed by atoms with Crippen LogP contribution >= 0.6 is 0 Å². The van der Waals surface area contributed by atoms with E-state index in [9.17, 15) is 14.7 Å². The molecule has 1 fully saturated rings.